The smallest absolute Gasteiger partial charge is 0.269 e. The molecule has 0 saturated heterocycles. The molecule has 2 heterocycles. The zero-order chi connectivity index (χ0) is 20.9. The first-order valence-corrected chi connectivity index (χ1v) is 12.4. The normalized spacial score (nSPS) is 12.4. The molecule has 28 heavy (non-hydrogen) atoms. The minimum Gasteiger partial charge on any atom is -0.354 e. The molecular formula is C23H33N3OSi. The van der Waals surface area contributed by atoms with E-state index in [1.165, 1.54) is 0 Å². The molecule has 4 nitrogen and oxygen atoms in total. The van der Waals surface area contributed by atoms with Gasteiger partial charge in [-0.25, -0.2) is 4.98 Å². The summed E-state index contributed by atoms with van der Waals surface area (Å²) in [4.78, 5) is 21.2. The van der Waals surface area contributed by atoms with Crippen LogP contribution in [0.1, 0.15) is 57.6 Å². The van der Waals surface area contributed by atoms with E-state index in [9.17, 15) is 4.79 Å². The van der Waals surface area contributed by atoms with Gasteiger partial charge >= 0.3 is 0 Å². The molecule has 1 amide bonds. The number of amides is 1. The summed E-state index contributed by atoms with van der Waals surface area (Å²) in [6.07, 6.45) is 3.98. The van der Waals surface area contributed by atoms with E-state index in [4.69, 9.17) is 0 Å². The quantitative estimate of drug-likeness (QED) is 0.609. The molecule has 2 rings (SSSR count). The second-order valence-electron chi connectivity index (χ2n) is 8.23. The van der Waals surface area contributed by atoms with E-state index >= 15 is 0 Å². The molecule has 1 N–H and O–H groups in total. The average molecular weight is 396 g/mol. The van der Waals surface area contributed by atoms with Gasteiger partial charge in [-0.05, 0) is 34.8 Å². The molecule has 0 aromatic carbocycles. The molecule has 0 bridgehead atoms. The van der Waals surface area contributed by atoms with Crippen molar-refractivity contribution in [3.8, 4) is 11.4 Å². The largest absolute Gasteiger partial charge is 0.354 e. The molecule has 0 radical (unpaired) electrons. The summed E-state index contributed by atoms with van der Waals surface area (Å²) in [7, 11) is -0.0674. The zero-order valence-corrected chi connectivity index (χ0v) is 19.2. The summed E-state index contributed by atoms with van der Waals surface area (Å²) in [5.41, 5.74) is 7.33. The van der Waals surface area contributed by atoms with E-state index in [0.717, 1.165) is 17.0 Å². The van der Waals surface area contributed by atoms with Gasteiger partial charge in [0.25, 0.3) is 5.91 Å². The molecule has 0 unspecified atom stereocenters. The Kier molecular flexibility index (Phi) is 7.30. The van der Waals surface area contributed by atoms with E-state index < -0.39 is 8.07 Å². The van der Waals surface area contributed by atoms with Gasteiger partial charge in [0, 0.05) is 18.8 Å². The number of rotatable bonds is 7. The van der Waals surface area contributed by atoms with Crippen LogP contribution in [0.5, 0.6) is 0 Å². The number of hydrogen-bond acceptors (Lipinski definition) is 3. The van der Waals surface area contributed by atoms with Crippen LogP contribution >= 0.6 is 0 Å². The molecule has 2 aromatic heterocycles. The molecular weight excluding hydrogens is 362 g/mol. The third-order valence-corrected chi connectivity index (χ3v) is 12.6. The van der Waals surface area contributed by atoms with Crippen LogP contribution in [-0.2, 0) is 0 Å². The highest BCUT2D eigenvalue weighted by Gasteiger charge is 2.40. The second kappa shape index (κ2) is 9.28. The van der Waals surface area contributed by atoms with Crippen LogP contribution in [0.2, 0.25) is 16.6 Å². The lowest BCUT2D eigenvalue weighted by Crippen LogP contribution is -2.42. The van der Waals surface area contributed by atoms with E-state index in [0.29, 0.717) is 22.3 Å². The third-order valence-electron chi connectivity index (χ3n) is 5.85. The van der Waals surface area contributed by atoms with Gasteiger partial charge in [0.05, 0.1) is 19.5 Å². The average Bonchev–Trinajstić information content (AvgIpc) is 2.67. The van der Waals surface area contributed by atoms with Gasteiger partial charge in [-0.1, -0.05) is 65.5 Å². The van der Waals surface area contributed by atoms with Crippen LogP contribution in [-0.4, -0.2) is 31.0 Å². The monoisotopic (exact) mass is 395 g/mol. The van der Waals surface area contributed by atoms with E-state index in [2.05, 4.69) is 68.6 Å². The van der Waals surface area contributed by atoms with Gasteiger partial charge in [-0.15, -0.1) is 0 Å². The van der Waals surface area contributed by atoms with Crippen molar-refractivity contribution in [1.29, 1.82) is 0 Å². The van der Waals surface area contributed by atoms with Crippen molar-refractivity contribution in [2.75, 3.05) is 7.05 Å². The van der Waals surface area contributed by atoms with Crippen LogP contribution in [0.3, 0.4) is 0 Å². The van der Waals surface area contributed by atoms with E-state index in [1.807, 2.05) is 24.3 Å². The van der Waals surface area contributed by atoms with Gasteiger partial charge in [0.2, 0.25) is 0 Å². The number of pyridine rings is 2. The number of nitrogens with zero attached hydrogens (tertiary/aromatic N) is 2. The topological polar surface area (TPSA) is 54.9 Å². The SMILES string of the molecule is CNC(=O)c1ccc(/C=C/[Si](C(C)C)(C(C)C)C(C)C)c(-c2ccccn2)n1. The zero-order valence-electron chi connectivity index (χ0n) is 18.2. The molecule has 150 valence electrons. The van der Waals surface area contributed by atoms with Gasteiger partial charge < -0.3 is 5.32 Å². The Morgan fingerprint density at radius 2 is 1.64 bits per heavy atom. The standard InChI is InChI=1S/C23H33N3OSi/c1-16(2)28(17(3)4,18(5)6)15-13-19-11-12-21(23(27)24-7)26-22(19)20-10-8-9-14-25-20/h8-18H,1-7H3,(H,24,27)/b15-13+. The summed E-state index contributed by atoms with van der Waals surface area (Å²) in [6.45, 7) is 14.1. The highest BCUT2D eigenvalue weighted by Crippen LogP contribution is 2.43. The lowest BCUT2D eigenvalue weighted by atomic mass is 10.1. The molecule has 0 aliphatic carbocycles. The summed E-state index contributed by atoms with van der Waals surface area (Å²) in [6, 6.07) is 9.53. The number of carbonyl (C=O) groups is 1. The fourth-order valence-electron chi connectivity index (χ4n) is 4.38. The summed E-state index contributed by atoms with van der Waals surface area (Å²) in [5.74, 6) is -0.192. The highest BCUT2D eigenvalue weighted by atomic mass is 28.3. The Morgan fingerprint density at radius 3 is 2.14 bits per heavy atom. The number of carbonyl (C=O) groups excluding carboxylic acids is 1. The Labute approximate surface area is 170 Å². The second-order valence-corrected chi connectivity index (χ2v) is 14.0. The molecule has 0 saturated carbocycles. The highest BCUT2D eigenvalue weighted by molar-refractivity contribution is 6.88. The summed E-state index contributed by atoms with van der Waals surface area (Å²) >= 11 is 0. The van der Waals surface area contributed by atoms with Crippen LogP contribution < -0.4 is 5.32 Å². The number of aromatic nitrogens is 2. The maximum atomic E-state index is 12.1. The predicted octanol–water partition coefficient (Wildman–Crippen LogP) is 5.73. The van der Waals surface area contributed by atoms with Gasteiger partial charge in [-0.2, -0.15) is 0 Å². The van der Waals surface area contributed by atoms with E-state index in [-0.39, 0.29) is 5.91 Å². The molecule has 0 aliphatic rings. The lowest BCUT2D eigenvalue weighted by Gasteiger charge is -2.40. The van der Waals surface area contributed by atoms with Crippen molar-refractivity contribution in [3.63, 3.8) is 0 Å². The van der Waals surface area contributed by atoms with Crippen LogP contribution in [0.25, 0.3) is 17.5 Å². The Bertz CT molecular complexity index is 807. The lowest BCUT2D eigenvalue weighted by molar-refractivity contribution is 0.0958. The summed E-state index contributed by atoms with van der Waals surface area (Å²) < 4.78 is 0. The Morgan fingerprint density at radius 1 is 1.00 bits per heavy atom. The summed E-state index contributed by atoms with van der Waals surface area (Å²) in [5, 5.41) is 2.65. The minimum atomic E-state index is -1.68. The number of hydrogen-bond donors (Lipinski definition) is 1. The number of nitrogens with one attached hydrogen (secondary N) is 1. The molecule has 0 atom stereocenters. The van der Waals surface area contributed by atoms with Crippen molar-refractivity contribution in [3.05, 3.63) is 53.5 Å². The van der Waals surface area contributed by atoms with Crippen LogP contribution in [0, 0.1) is 0 Å². The third kappa shape index (κ3) is 4.41. The molecule has 0 aliphatic heterocycles. The van der Waals surface area contributed by atoms with Crippen LogP contribution in [0.15, 0.2) is 42.2 Å². The van der Waals surface area contributed by atoms with Crippen molar-refractivity contribution >= 4 is 20.1 Å². The van der Waals surface area contributed by atoms with Crippen molar-refractivity contribution in [1.82, 2.24) is 15.3 Å². The maximum Gasteiger partial charge on any atom is 0.269 e. The van der Waals surface area contributed by atoms with Crippen molar-refractivity contribution < 1.29 is 4.79 Å². The Balaban J connectivity index is 2.61. The minimum absolute atomic E-state index is 0.192. The first-order chi connectivity index (χ1) is 13.2. The first kappa shape index (κ1) is 22.0. The van der Waals surface area contributed by atoms with Crippen molar-refractivity contribution in [2.24, 2.45) is 0 Å². The Hall–Kier alpha value is -2.27. The maximum absolute atomic E-state index is 12.1. The molecule has 0 spiro atoms. The van der Waals surface area contributed by atoms with E-state index in [1.54, 1.807) is 19.3 Å². The molecule has 5 heteroatoms. The first-order valence-electron chi connectivity index (χ1n) is 10.1. The molecule has 0 fully saturated rings. The van der Waals surface area contributed by atoms with Crippen molar-refractivity contribution in [2.45, 2.75) is 58.2 Å². The fourth-order valence-corrected chi connectivity index (χ4v) is 10.0. The molecule has 2 aromatic rings. The van der Waals surface area contributed by atoms with Gasteiger partial charge in [-0.3, -0.25) is 9.78 Å². The van der Waals surface area contributed by atoms with Gasteiger partial charge in [0.15, 0.2) is 0 Å². The predicted molar refractivity (Wildman–Crippen MR) is 121 cm³/mol. The van der Waals surface area contributed by atoms with Gasteiger partial charge in [0.1, 0.15) is 5.69 Å². The van der Waals surface area contributed by atoms with Crippen LogP contribution in [0.4, 0.5) is 0 Å². The fraction of sp³-hybridized carbons (Fsp3) is 0.435.